The molecule has 1 aromatic carbocycles. The van der Waals surface area contributed by atoms with Gasteiger partial charge in [0, 0.05) is 23.5 Å². The Morgan fingerprint density at radius 1 is 1.14 bits per heavy atom. The predicted molar refractivity (Wildman–Crippen MR) is 129 cm³/mol. The first kappa shape index (κ1) is 24.6. The van der Waals surface area contributed by atoms with Crippen LogP contribution in [0.15, 0.2) is 30.5 Å². The van der Waals surface area contributed by atoms with Crippen LogP contribution in [0, 0.1) is 12.8 Å². The lowest BCUT2D eigenvalue weighted by Gasteiger charge is -2.30. The summed E-state index contributed by atoms with van der Waals surface area (Å²) in [6.07, 6.45) is -0.769. The molecular formula is C27H31F3N4O2. The van der Waals surface area contributed by atoms with E-state index < -0.39 is 12.1 Å². The zero-order chi connectivity index (χ0) is 25.6. The largest absolute Gasteiger partial charge is 0.493 e. The molecule has 1 atom stereocenters. The van der Waals surface area contributed by atoms with Crippen LogP contribution in [-0.4, -0.2) is 33.3 Å². The number of nitrogens with one attached hydrogen (secondary N) is 1. The Balaban J connectivity index is 1.46. The van der Waals surface area contributed by atoms with E-state index in [0.29, 0.717) is 37.1 Å². The SMILES string of the molecule is Cc1nc2c(C(C)C)c(C(=O)N[C@H]3CCOc4ccccc43)cnn2c1[C@H]1CC[C@H](C(F)(F)F)CC1. The van der Waals surface area contributed by atoms with Crippen molar-refractivity contribution in [3.05, 3.63) is 58.5 Å². The summed E-state index contributed by atoms with van der Waals surface area (Å²) in [5.41, 5.74) is 4.44. The van der Waals surface area contributed by atoms with Crippen LogP contribution in [0.1, 0.15) is 96.7 Å². The van der Waals surface area contributed by atoms with E-state index in [1.807, 2.05) is 45.0 Å². The summed E-state index contributed by atoms with van der Waals surface area (Å²) < 4.78 is 47.0. The lowest BCUT2D eigenvalue weighted by Crippen LogP contribution is -2.33. The van der Waals surface area contributed by atoms with Gasteiger partial charge in [-0.2, -0.15) is 18.3 Å². The van der Waals surface area contributed by atoms with Crippen LogP contribution >= 0.6 is 0 Å². The number of carbonyl (C=O) groups excluding carboxylic acids is 1. The predicted octanol–water partition coefficient (Wildman–Crippen LogP) is 6.25. The molecule has 2 aliphatic rings. The van der Waals surface area contributed by atoms with Crippen LogP contribution in [0.2, 0.25) is 0 Å². The Bertz CT molecular complexity index is 1280. The van der Waals surface area contributed by atoms with Gasteiger partial charge in [-0.15, -0.1) is 0 Å². The molecule has 0 unspecified atom stereocenters. The van der Waals surface area contributed by atoms with Crippen LogP contribution < -0.4 is 10.1 Å². The molecule has 1 N–H and O–H groups in total. The van der Waals surface area contributed by atoms with E-state index in [4.69, 9.17) is 9.72 Å². The number of aryl methyl sites for hydroxylation is 1. The molecular weight excluding hydrogens is 469 g/mol. The van der Waals surface area contributed by atoms with E-state index >= 15 is 0 Å². The number of rotatable bonds is 4. The number of nitrogens with zero attached hydrogens (tertiary/aromatic N) is 3. The summed E-state index contributed by atoms with van der Waals surface area (Å²) in [6.45, 7) is 6.42. The third kappa shape index (κ3) is 4.44. The molecule has 3 aromatic rings. The molecule has 1 amide bonds. The van der Waals surface area contributed by atoms with Gasteiger partial charge in [0.15, 0.2) is 5.65 Å². The van der Waals surface area contributed by atoms with E-state index in [9.17, 15) is 18.0 Å². The summed E-state index contributed by atoms with van der Waals surface area (Å²) in [5, 5.41) is 7.75. The molecule has 1 aliphatic heterocycles. The van der Waals surface area contributed by atoms with Gasteiger partial charge in [0.2, 0.25) is 0 Å². The molecule has 0 radical (unpaired) electrons. The van der Waals surface area contributed by atoms with Crippen molar-refractivity contribution >= 4 is 11.6 Å². The number of fused-ring (bicyclic) bond motifs is 2. The number of aromatic nitrogens is 3. The van der Waals surface area contributed by atoms with Crippen molar-refractivity contribution in [3.63, 3.8) is 0 Å². The number of alkyl halides is 3. The van der Waals surface area contributed by atoms with Gasteiger partial charge in [-0.1, -0.05) is 32.0 Å². The maximum Gasteiger partial charge on any atom is 0.391 e. The summed E-state index contributed by atoms with van der Waals surface area (Å²) in [6, 6.07) is 7.53. The second-order valence-corrected chi connectivity index (χ2v) is 10.2. The normalized spacial score (nSPS) is 22.4. The Hall–Kier alpha value is -3.10. The Morgan fingerprint density at radius 3 is 2.56 bits per heavy atom. The van der Waals surface area contributed by atoms with Crippen LogP contribution in [0.3, 0.4) is 0 Å². The fraction of sp³-hybridized carbons (Fsp3) is 0.519. The molecule has 36 heavy (non-hydrogen) atoms. The molecule has 1 fully saturated rings. The number of para-hydroxylation sites is 1. The number of benzene rings is 1. The molecule has 1 aliphatic carbocycles. The van der Waals surface area contributed by atoms with Gasteiger partial charge in [-0.05, 0) is 44.6 Å². The Morgan fingerprint density at radius 2 is 1.86 bits per heavy atom. The van der Waals surface area contributed by atoms with Crippen LogP contribution in [0.25, 0.3) is 5.65 Å². The van der Waals surface area contributed by atoms with E-state index in [2.05, 4.69) is 10.4 Å². The van der Waals surface area contributed by atoms with Gasteiger partial charge in [0.05, 0.1) is 41.7 Å². The lowest BCUT2D eigenvalue weighted by atomic mass is 9.80. The van der Waals surface area contributed by atoms with E-state index in [1.165, 1.54) is 0 Å². The quantitative estimate of drug-likeness (QED) is 0.460. The summed E-state index contributed by atoms with van der Waals surface area (Å²) in [5.74, 6) is -0.722. The van der Waals surface area contributed by atoms with Gasteiger partial charge in [0.1, 0.15) is 5.75 Å². The Kier molecular flexibility index (Phi) is 6.43. The van der Waals surface area contributed by atoms with Gasteiger partial charge in [-0.25, -0.2) is 9.50 Å². The Labute approximate surface area is 208 Å². The highest BCUT2D eigenvalue weighted by molar-refractivity contribution is 5.97. The average Bonchev–Trinajstić information content (AvgIpc) is 3.18. The van der Waals surface area contributed by atoms with E-state index in [-0.39, 0.29) is 36.6 Å². The van der Waals surface area contributed by atoms with Crippen molar-refractivity contribution in [3.8, 4) is 5.75 Å². The molecule has 0 saturated heterocycles. The first-order valence-corrected chi connectivity index (χ1v) is 12.6. The first-order valence-electron chi connectivity index (χ1n) is 12.6. The minimum atomic E-state index is -4.14. The van der Waals surface area contributed by atoms with E-state index in [0.717, 1.165) is 28.3 Å². The molecule has 1 saturated carbocycles. The number of hydrogen-bond donors (Lipinski definition) is 1. The maximum atomic E-state index is 13.5. The number of ether oxygens (including phenoxy) is 1. The van der Waals surface area contributed by atoms with Crippen LogP contribution in [0.4, 0.5) is 13.2 Å². The monoisotopic (exact) mass is 500 g/mol. The number of amides is 1. The van der Waals surface area contributed by atoms with Crippen LogP contribution in [0.5, 0.6) is 5.75 Å². The molecule has 0 spiro atoms. The highest BCUT2D eigenvalue weighted by Gasteiger charge is 2.42. The zero-order valence-electron chi connectivity index (χ0n) is 20.7. The molecule has 3 heterocycles. The number of imidazole rings is 1. The second kappa shape index (κ2) is 9.41. The molecule has 2 aromatic heterocycles. The van der Waals surface area contributed by atoms with Crippen molar-refractivity contribution in [1.29, 1.82) is 0 Å². The first-order chi connectivity index (χ1) is 17.1. The minimum absolute atomic E-state index is 0.00570. The van der Waals surface area contributed by atoms with Crippen molar-refractivity contribution in [2.45, 2.75) is 76.9 Å². The second-order valence-electron chi connectivity index (χ2n) is 10.2. The van der Waals surface area contributed by atoms with E-state index in [1.54, 1.807) is 10.7 Å². The number of halogens is 3. The fourth-order valence-corrected chi connectivity index (χ4v) is 5.77. The van der Waals surface area contributed by atoms with Crippen molar-refractivity contribution in [1.82, 2.24) is 19.9 Å². The molecule has 192 valence electrons. The third-order valence-electron chi connectivity index (χ3n) is 7.57. The molecule has 0 bridgehead atoms. The number of carbonyl (C=O) groups is 1. The number of hydrogen-bond acceptors (Lipinski definition) is 4. The summed E-state index contributed by atoms with van der Waals surface area (Å²) in [7, 11) is 0. The van der Waals surface area contributed by atoms with Crippen molar-refractivity contribution in [2.24, 2.45) is 5.92 Å². The van der Waals surface area contributed by atoms with Gasteiger partial charge in [0.25, 0.3) is 5.91 Å². The smallest absolute Gasteiger partial charge is 0.391 e. The molecule has 6 nitrogen and oxygen atoms in total. The van der Waals surface area contributed by atoms with Gasteiger partial charge < -0.3 is 10.1 Å². The zero-order valence-corrected chi connectivity index (χ0v) is 20.7. The molecule has 9 heteroatoms. The third-order valence-corrected chi connectivity index (χ3v) is 7.57. The van der Waals surface area contributed by atoms with Crippen molar-refractivity contribution < 1.29 is 22.7 Å². The van der Waals surface area contributed by atoms with Crippen LogP contribution in [-0.2, 0) is 0 Å². The van der Waals surface area contributed by atoms with Gasteiger partial charge in [-0.3, -0.25) is 4.79 Å². The topological polar surface area (TPSA) is 68.5 Å². The summed E-state index contributed by atoms with van der Waals surface area (Å²) in [4.78, 5) is 18.3. The van der Waals surface area contributed by atoms with Gasteiger partial charge >= 0.3 is 6.18 Å². The minimum Gasteiger partial charge on any atom is -0.493 e. The highest BCUT2D eigenvalue weighted by Crippen LogP contribution is 2.44. The molecule has 5 rings (SSSR count). The summed E-state index contributed by atoms with van der Waals surface area (Å²) >= 11 is 0. The fourth-order valence-electron chi connectivity index (χ4n) is 5.77. The standard InChI is InChI=1S/C27H31F3N4O2/c1-15(2)23-20(26(35)33-21-12-13-36-22-7-5-4-6-19(21)22)14-31-34-24(16(3)32-25(23)34)17-8-10-18(11-9-17)27(28,29)30/h4-7,14-15,17-18,21H,8-13H2,1-3H3,(H,33,35)/t17-,18-,21-/m0/s1. The van der Waals surface area contributed by atoms with Crippen molar-refractivity contribution in [2.75, 3.05) is 6.61 Å². The highest BCUT2D eigenvalue weighted by atomic mass is 19.4. The lowest BCUT2D eigenvalue weighted by molar-refractivity contribution is -0.182. The average molecular weight is 501 g/mol. The maximum absolute atomic E-state index is 13.5.